The SMILES string of the molecule is Cc1cc(N)c(S(=O)(=O)N2CCCC2CCCO)cc1C. The molecule has 1 aliphatic rings. The summed E-state index contributed by atoms with van der Waals surface area (Å²) >= 11 is 0. The summed E-state index contributed by atoms with van der Waals surface area (Å²) in [4.78, 5) is 0.210. The van der Waals surface area contributed by atoms with E-state index in [0.29, 0.717) is 25.1 Å². The maximum absolute atomic E-state index is 12.9. The van der Waals surface area contributed by atoms with E-state index < -0.39 is 10.0 Å². The van der Waals surface area contributed by atoms with Crippen LogP contribution in [0.15, 0.2) is 17.0 Å². The van der Waals surface area contributed by atoms with E-state index in [2.05, 4.69) is 0 Å². The highest BCUT2D eigenvalue weighted by Gasteiger charge is 2.35. The summed E-state index contributed by atoms with van der Waals surface area (Å²) in [6.45, 7) is 4.43. The molecule has 1 atom stereocenters. The zero-order valence-corrected chi connectivity index (χ0v) is 13.5. The lowest BCUT2D eigenvalue weighted by Crippen LogP contribution is -2.36. The molecule has 3 N–H and O–H groups in total. The largest absolute Gasteiger partial charge is 0.398 e. The average Bonchev–Trinajstić information content (AvgIpc) is 2.89. The highest BCUT2D eigenvalue weighted by Crippen LogP contribution is 2.32. The summed E-state index contributed by atoms with van der Waals surface area (Å²) in [7, 11) is -3.56. The van der Waals surface area contributed by atoms with E-state index in [1.165, 1.54) is 0 Å². The van der Waals surface area contributed by atoms with Gasteiger partial charge in [0.1, 0.15) is 4.90 Å². The van der Waals surface area contributed by atoms with Crippen molar-refractivity contribution in [2.45, 2.75) is 50.5 Å². The number of aryl methyl sites for hydroxylation is 2. The summed E-state index contributed by atoms with van der Waals surface area (Å²) < 4.78 is 27.3. The van der Waals surface area contributed by atoms with Gasteiger partial charge < -0.3 is 10.8 Å². The second-order valence-corrected chi connectivity index (χ2v) is 7.61. The molecule has 1 aromatic rings. The molecular formula is C15H24N2O3S. The molecule has 0 bridgehead atoms. The van der Waals surface area contributed by atoms with Crippen LogP contribution in [0, 0.1) is 13.8 Å². The molecule has 1 unspecified atom stereocenters. The van der Waals surface area contributed by atoms with Gasteiger partial charge in [0, 0.05) is 19.2 Å². The zero-order chi connectivity index (χ0) is 15.6. The van der Waals surface area contributed by atoms with Crippen molar-refractivity contribution in [3.8, 4) is 0 Å². The van der Waals surface area contributed by atoms with Crippen LogP contribution in [0.1, 0.15) is 36.8 Å². The lowest BCUT2D eigenvalue weighted by molar-refractivity contribution is 0.264. The molecule has 118 valence electrons. The fraction of sp³-hybridized carbons (Fsp3) is 0.600. The number of nitrogens with two attached hydrogens (primary N) is 1. The van der Waals surface area contributed by atoms with Crippen LogP contribution in [0.5, 0.6) is 0 Å². The Morgan fingerprint density at radius 1 is 1.33 bits per heavy atom. The molecule has 0 aromatic heterocycles. The minimum Gasteiger partial charge on any atom is -0.398 e. The minimum atomic E-state index is -3.56. The third-order valence-corrected chi connectivity index (χ3v) is 6.24. The Bertz CT molecular complexity index is 614. The van der Waals surface area contributed by atoms with Crippen LogP contribution in [0.4, 0.5) is 5.69 Å². The van der Waals surface area contributed by atoms with Crippen molar-refractivity contribution in [3.05, 3.63) is 23.3 Å². The fourth-order valence-corrected chi connectivity index (χ4v) is 4.81. The third-order valence-electron chi connectivity index (χ3n) is 4.23. The topological polar surface area (TPSA) is 83.6 Å². The summed E-state index contributed by atoms with van der Waals surface area (Å²) in [6.07, 6.45) is 3.03. The van der Waals surface area contributed by atoms with E-state index in [1.807, 2.05) is 13.8 Å². The Kier molecular flexibility index (Phi) is 4.91. The van der Waals surface area contributed by atoms with Gasteiger partial charge in [-0.05, 0) is 62.8 Å². The van der Waals surface area contributed by atoms with Crippen LogP contribution in [-0.4, -0.2) is 37.0 Å². The molecule has 1 heterocycles. The second kappa shape index (κ2) is 6.34. The van der Waals surface area contributed by atoms with Gasteiger partial charge >= 0.3 is 0 Å². The molecule has 1 fully saturated rings. The molecule has 0 radical (unpaired) electrons. The number of nitrogen functional groups attached to an aromatic ring is 1. The predicted molar refractivity (Wildman–Crippen MR) is 83.6 cm³/mol. The van der Waals surface area contributed by atoms with Crippen molar-refractivity contribution in [2.24, 2.45) is 0 Å². The van der Waals surface area contributed by atoms with Crippen LogP contribution < -0.4 is 5.73 Å². The molecule has 6 heteroatoms. The number of hydrogen-bond acceptors (Lipinski definition) is 4. The van der Waals surface area contributed by atoms with E-state index in [1.54, 1.807) is 16.4 Å². The van der Waals surface area contributed by atoms with E-state index in [-0.39, 0.29) is 17.5 Å². The van der Waals surface area contributed by atoms with Gasteiger partial charge in [0.2, 0.25) is 10.0 Å². The molecule has 0 saturated carbocycles. The lowest BCUT2D eigenvalue weighted by Gasteiger charge is -2.25. The smallest absolute Gasteiger partial charge is 0.245 e. The van der Waals surface area contributed by atoms with Crippen LogP contribution in [-0.2, 0) is 10.0 Å². The Hall–Kier alpha value is -1.11. The number of anilines is 1. The second-order valence-electron chi connectivity index (χ2n) is 5.75. The van der Waals surface area contributed by atoms with Crippen LogP contribution in [0.25, 0.3) is 0 Å². The van der Waals surface area contributed by atoms with Gasteiger partial charge in [0.25, 0.3) is 0 Å². The highest BCUT2D eigenvalue weighted by atomic mass is 32.2. The van der Waals surface area contributed by atoms with Gasteiger partial charge in [-0.25, -0.2) is 8.42 Å². The summed E-state index contributed by atoms with van der Waals surface area (Å²) in [5, 5.41) is 8.96. The first-order chi connectivity index (χ1) is 9.87. The van der Waals surface area contributed by atoms with E-state index >= 15 is 0 Å². The monoisotopic (exact) mass is 312 g/mol. The van der Waals surface area contributed by atoms with E-state index in [4.69, 9.17) is 10.8 Å². The van der Waals surface area contributed by atoms with Crippen molar-refractivity contribution in [1.29, 1.82) is 0 Å². The lowest BCUT2D eigenvalue weighted by atomic mass is 10.1. The number of rotatable bonds is 5. The maximum Gasteiger partial charge on any atom is 0.245 e. The third kappa shape index (κ3) is 3.22. The number of sulfonamides is 1. The number of benzene rings is 1. The zero-order valence-electron chi connectivity index (χ0n) is 12.7. The molecule has 1 aromatic carbocycles. The Balaban J connectivity index is 2.35. The summed E-state index contributed by atoms with van der Waals surface area (Å²) in [5.74, 6) is 0. The number of nitrogens with zero attached hydrogens (tertiary/aromatic N) is 1. The van der Waals surface area contributed by atoms with Gasteiger partial charge in [-0.1, -0.05) is 0 Å². The Morgan fingerprint density at radius 3 is 2.67 bits per heavy atom. The molecule has 1 aliphatic heterocycles. The van der Waals surface area contributed by atoms with Gasteiger partial charge in [-0.15, -0.1) is 0 Å². The first-order valence-corrected chi connectivity index (χ1v) is 8.81. The number of aliphatic hydroxyl groups excluding tert-OH is 1. The standard InChI is InChI=1S/C15H24N2O3S/c1-11-9-14(16)15(10-12(11)2)21(19,20)17-7-3-5-13(17)6-4-8-18/h9-10,13,18H,3-8,16H2,1-2H3. The first-order valence-electron chi connectivity index (χ1n) is 7.37. The van der Waals surface area contributed by atoms with Gasteiger partial charge in [0.05, 0.1) is 5.69 Å². The van der Waals surface area contributed by atoms with Gasteiger partial charge in [-0.3, -0.25) is 0 Å². The van der Waals surface area contributed by atoms with Gasteiger partial charge in [-0.2, -0.15) is 4.31 Å². The molecule has 1 saturated heterocycles. The quantitative estimate of drug-likeness (QED) is 0.812. The van der Waals surface area contributed by atoms with E-state index in [9.17, 15) is 8.42 Å². The molecule has 0 spiro atoms. The van der Waals surface area contributed by atoms with Crippen molar-refractivity contribution in [3.63, 3.8) is 0 Å². The Morgan fingerprint density at radius 2 is 2.00 bits per heavy atom. The summed E-state index contributed by atoms with van der Waals surface area (Å²) in [5.41, 5.74) is 8.17. The molecule has 5 nitrogen and oxygen atoms in total. The minimum absolute atomic E-state index is 0.0249. The fourth-order valence-electron chi connectivity index (χ4n) is 2.90. The molecule has 21 heavy (non-hydrogen) atoms. The first kappa shape index (κ1) is 16.3. The normalized spacial score (nSPS) is 20.0. The van der Waals surface area contributed by atoms with Crippen LogP contribution in [0.2, 0.25) is 0 Å². The molecule has 2 rings (SSSR count). The van der Waals surface area contributed by atoms with E-state index in [0.717, 1.165) is 24.0 Å². The Labute approximate surface area is 126 Å². The van der Waals surface area contributed by atoms with Crippen molar-refractivity contribution in [2.75, 3.05) is 18.9 Å². The highest BCUT2D eigenvalue weighted by molar-refractivity contribution is 7.89. The summed E-state index contributed by atoms with van der Waals surface area (Å²) in [6, 6.07) is 3.37. The van der Waals surface area contributed by atoms with Crippen molar-refractivity contribution >= 4 is 15.7 Å². The molecule has 0 aliphatic carbocycles. The van der Waals surface area contributed by atoms with Gasteiger partial charge in [0.15, 0.2) is 0 Å². The molecule has 0 amide bonds. The average molecular weight is 312 g/mol. The predicted octanol–water partition coefficient (Wildman–Crippen LogP) is 1.81. The maximum atomic E-state index is 12.9. The van der Waals surface area contributed by atoms with Crippen LogP contribution >= 0.6 is 0 Å². The van der Waals surface area contributed by atoms with Crippen molar-refractivity contribution < 1.29 is 13.5 Å². The van der Waals surface area contributed by atoms with Crippen molar-refractivity contribution in [1.82, 2.24) is 4.31 Å². The molecular weight excluding hydrogens is 288 g/mol. The van der Waals surface area contributed by atoms with Crippen LogP contribution in [0.3, 0.4) is 0 Å². The number of hydrogen-bond donors (Lipinski definition) is 2. The number of aliphatic hydroxyl groups is 1.